The fraction of sp³-hybridized carbons (Fsp3) is 0.583. The Morgan fingerprint density at radius 3 is 2.83 bits per heavy atom. The molecule has 4 nitrogen and oxygen atoms in total. The summed E-state index contributed by atoms with van der Waals surface area (Å²) < 4.78 is 14.7. The van der Waals surface area contributed by atoms with Crippen molar-refractivity contribution in [2.45, 2.75) is 45.1 Å². The molecule has 166 valence electrons. The van der Waals surface area contributed by atoms with Crippen LogP contribution in [0, 0.1) is 23.6 Å². The van der Waals surface area contributed by atoms with E-state index in [1.165, 1.54) is 6.07 Å². The van der Waals surface area contributed by atoms with Gasteiger partial charge in [0.25, 0.3) is 0 Å². The number of allylic oxidation sites excluding steroid dienone is 3. The highest BCUT2D eigenvalue weighted by atomic mass is 35.5. The molecule has 2 aliphatic rings. The summed E-state index contributed by atoms with van der Waals surface area (Å²) in [5.74, 6) is 1.14. The third kappa shape index (κ3) is 5.44. The molecule has 0 amide bonds. The van der Waals surface area contributed by atoms with E-state index in [4.69, 9.17) is 17.3 Å². The third-order valence-corrected chi connectivity index (χ3v) is 6.92. The molecule has 0 fully saturated rings. The second-order valence-corrected chi connectivity index (χ2v) is 9.29. The largest absolute Gasteiger partial charge is 0.395 e. The molecule has 0 saturated heterocycles. The van der Waals surface area contributed by atoms with E-state index in [0.717, 1.165) is 31.4 Å². The lowest BCUT2D eigenvalue weighted by Gasteiger charge is -2.43. The number of fused-ring (bicyclic) bond motifs is 1. The summed E-state index contributed by atoms with van der Waals surface area (Å²) in [6.07, 6.45) is 11.7. The highest BCUT2D eigenvalue weighted by Crippen LogP contribution is 2.45. The number of nitrogens with zero attached hydrogens (tertiary/aromatic N) is 1. The van der Waals surface area contributed by atoms with Gasteiger partial charge in [0.05, 0.1) is 12.3 Å². The van der Waals surface area contributed by atoms with Crippen molar-refractivity contribution < 1.29 is 9.50 Å². The molecule has 1 unspecified atom stereocenters. The summed E-state index contributed by atoms with van der Waals surface area (Å²) in [6.45, 7) is 6.51. The molecule has 0 spiro atoms. The predicted molar refractivity (Wildman–Crippen MR) is 123 cm³/mol. The number of nitrogens with one attached hydrogen (secondary N) is 1. The third-order valence-electron chi connectivity index (χ3n) is 6.70. The topological polar surface area (TPSA) is 61.5 Å². The Morgan fingerprint density at radius 1 is 1.37 bits per heavy atom. The number of anilines is 1. The number of rotatable bonds is 9. The first-order valence-corrected chi connectivity index (χ1v) is 11.4. The van der Waals surface area contributed by atoms with Crippen molar-refractivity contribution in [3.05, 3.63) is 52.8 Å². The monoisotopic (exact) mass is 435 g/mol. The van der Waals surface area contributed by atoms with Crippen LogP contribution in [0.2, 0.25) is 5.02 Å². The van der Waals surface area contributed by atoms with Gasteiger partial charge < -0.3 is 16.2 Å². The molecule has 3 rings (SSSR count). The van der Waals surface area contributed by atoms with Crippen LogP contribution in [0.15, 0.2) is 36.4 Å². The maximum atomic E-state index is 14.7. The van der Waals surface area contributed by atoms with Gasteiger partial charge in [-0.05, 0) is 54.7 Å². The first-order valence-electron chi connectivity index (χ1n) is 11.1. The first-order chi connectivity index (χ1) is 14.4. The van der Waals surface area contributed by atoms with E-state index >= 15 is 0 Å². The van der Waals surface area contributed by atoms with E-state index in [1.807, 2.05) is 6.07 Å². The zero-order valence-electron chi connectivity index (χ0n) is 18.0. The minimum atomic E-state index is -0.265. The molecule has 0 aromatic heterocycles. The van der Waals surface area contributed by atoms with Crippen molar-refractivity contribution in [2.24, 2.45) is 23.5 Å². The highest BCUT2D eigenvalue weighted by molar-refractivity contribution is 6.30. The fourth-order valence-electron chi connectivity index (χ4n) is 5.05. The van der Waals surface area contributed by atoms with Gasteiger partial charge >= 0.3 is 0 Å². The Bertz CT molecular complexity index is 769. The second kappa shape index (κ2) is 10.8. The van der Waals surface area contributed by atoms with Crippen LogP contribution >= 0.6 is 11.6 Å². The Kier molecular flexibility index (Phi) is 8.35. The Labute approximate surface area is 185 Å². The van der Waals surface area contributed by atoms with Gasteiger partial charge in [0.15, 0.2) is 0 Å². The van der Waals surface area contributed by atoms with Crippen LogP contribution in [0.3, 0.4) is 0 Å². The lowest BCUT2D eigenvalue weighted by atomic mass is 9.70. The van der Waals surface area contributed by atoms with E-state index in [1.54, 1.807) is 0 Å². The van der Waals surface area contributed by atoms with Gasteiger partial charge in [-0.3, -0.25) is 4.90 Å². The van der Waals surface area contributed by atoms with Crippen LogP contribution in [0.25, 0.3) is 0 Å². The second-order valence-electron chi connectivity index (χ2n) is 8.85. The summed E-state index contributed by atoms with van der Waals surface area (Å²) in [5.41, 5.74) is 7.40. The average Bonchev–Trinajstić information content (AvgIpc) is 2.73. The minimum absolute atomic E-state index is 0.125. The zero-order chi connectivity index (χ0) is 21.7. The Morgan fingerprint density at radius 2 is 2.17 bits per heavy atom. The lowest BCUT2D eigenvalue weighted by molar-refractivity contribution is 0.173. The molecule has 4 N–H and O–H groups in total. The van der Waals surface area contributed by atoms with Crippen molar-refractivity contribution in [3.8, 4) is 0 Å². The van der Waals surface area contributed by atoms with Gasteiger partial charge in [0.2, 0.25) is 0 Å². The van der Waals surface area contributed by atoms with Crippen molar-refractivity contribution in [3.63, 3.8) is 0 Å². The Hall–Kier alpha value is -1.40. The van der Waals surface area contributed by atoms with E-state index in [-0.39, 0.29) is 24.4 Å². The number of hydrogen-bond acceptors (Lipinski definition) is 4. The van der Waals surface area contributed by atoms with Crippen molar-refractivity contribution in [1.29, 1.82) is 0 Å². The summed E-state index contributed by atoms with van der Waals surface area (Å²) in [5, 5.41) is 13.2. The van der Waals surface area contributed by atoms with Crippen molar-refractivity contribution >= 4 is 17.3 Å². The predicted octanol–water partition coefficient (Wildman–Crippen LogP) is 4.75. The summed E-state index contributed by atoms with van der Waals surface area (Å²) in [6, 6.07) is 3.50. The highest BCUT2D eigenvalue weighted by Gasteiger charge is 2.38. The molecule has 0 saturated carbocycles. The Balaban J connectivity index is 1.78. The van der Waals surface area contributed by atoms with Gasteiger partial charge in [0, 0.05) is 36.7 Å². The van der Waals surface area contributed by atoms with Crippen LogP contribution in [0.4, 0.5) is 10.1 Å². The molecular formula is C24H35ClFN3O. The van der Waals surface area contributed by atoms with E-state index in [2.05, 4.69) is 48.4 Å². The number of halogens is 2. The van der Waals surface area contributed by atoms with Gasteiger partial charge in [-0.25, -0.2) is 4.39 Å². The number of nitrogens with two attached hydrogens (primary N) is 1. The molecule has 0 bridgehead atoms. The summed E-state index contributed by atoms with van der Waals surface area (Å²) >= 11 is 6.18. The van der Waals surface area contributed by atoms with E-state index < -0.39 is 0 Å². The maximum absolute atomic E-state index is 14.7. The SMILES string of the molecule is C[C@H](CC[C@@H]1[C@H](C)c2cc(Cl)cc(F)c2N[C@H]1C1C=CC=CC1)CN(CN)CCO. The lowest BCUT2D eigenvalue weighted by Crippen LogP contribution is -2.43. The van der Waals surface area contributed by atoms with Gasteiger partial charge in [-0.2, -0.15) is 0 Å². The number of aliphatic hydroxyl groups excluding tert-OH is 1. The van der Waals surface area contributed by atoms with Crippen LogP contribution in [-0.4, -0.2) is 42.4 Å². The molecule has 5 atom stereocenters. The minimum Gasteiger partial charge on any atom is -0.395 e. The fourth-order valence-corrected chi connectivity index (χ4v) is 5.26. The molecule has 0 radical (unpaired) electrons. The number of hydrogen-bond donors (Lipinski definition) is 3. The van der Waals surface area contributed by atoms with Crippen LogP contribution in [0.5, 0.6) is 0 Å². The number of aliphatic hydroxyl groups is 1. The quantitative estimate of drug-likeness (QED) is 0.490. The molecule has 1 heterocycles. The molecule has 1 aliphatic carbocycles. The van der Waals surface area contributed by atoms with Crippen LogP contribution < -0.4 is 11.1 Å². The maximum Gasteiger partial charge on any atom is 0.148 e. The van der Waals surface area contributed by atoms with Gasteiger partial charge in [-0.15, -0.1) is 0 Å². The van der Waals surface area contributed by atoms with Crippen LogP contribution in [0.1, 0.15) is 44.6 Å². The first kappa shape index (κ1) is 23.3. The molecule has 1 aliphatic heterocycles. The van der Waals surface area contributed by atoms with Crippen LogP contribution in [-0.2, 0) is 0 Å². The standard InChI is InChI=1S/C24H35ClFN3O/c1-16(14-29(15-27)10-11-30)8-9-20-17(2)21-12-19(25)13-22(26)24(21)28-23(20)18-6-4-3-5-7-18/h3-6,12-13,16-18,20,23,28,30H,7-11,14-15,27H2,1-2H3/t16-,17+,18?,20-,23+/m1/s1. The average molecular weight is 436 g/mol. The summed E-state index contributed by atoms with van der Waals surface area (Å²) in [7, 11) is 0. The summed E-state index contributed by atoms with van der Waals surface area (Å²) in [4.78, 5) is 2.09. The zero-order valence-corrected chi connectivity index (χ0v) is 18.8. The normalized spacial score (nSPS) is 26.5. The molecule has 30 heavy (non-hydrogen) atoms. The van der Waals surface area contributed by atoms with Crippen molar-refractivity contribution in [1.82, 2.24) is 4.90 Å². The molecule has 1 aromatic rings. The van der Waals surface area contributed by atoms with E-state index in [0.29, 0.717) is 41.7 Å². The van der Waals surface area contributed by atoms with E-state index in [9.17, 15) is 9.50 Å². The van der Waals surface area contributed by atoms with Crippen molar-refractivity contribution in [2.75, 3.05) is 31.7 Å². The number of benzene rings is 1. The smallest absolute Gasteiger partial charge is 0.148 e. The molecule has 1 aromatic carbocycles. The van der Waals surface area contributed by atoms with Gasteiger partial charge in [-0.1, -0.05) is 49.8 Å². The van der Waals surface area contributed by atoms with Gasteiger partial charge in [0.1, 0.15) is 5.82 Å². The molecular weight excluding hydrogens is 401 g/mol. The molecule has 6 heteroatoms.